The number of fused-ring (bicyclic) bond motifs is 2. The van der Waals surface area contributed by atoms with Crippen LogP contribution in [-0.4, -0.2) is 28.0 Å². The molecule has 0 saturated heterocycles. The summed E-state index contributed by atoms with van der Waals surface area (Å²) >= 11 is 0. The molecule has 0 spiro atoms. The van der Waals surface area contributed by atoms with Crippen molar-refractivity contribution >= 4 is 12.4 Å². The number of hydrogen-bond donors (Lipinski definition) is 2. The molecule has 7 heteroatoms. The highest BCUT2D eigenvalue weighted by Gasteiger charge is 2.57. The first kappa shape index (κ1) is 29.1. The van der Waals surface area contributed by atoms with E-state index in [1.54, 1.807) is 12.1 Å². The molecule has 40 heavy (non-hydrogen) atoms. The summed E-state index contributed by atoms with van der Waals surface area (Å²) in [6.07, 6.45) is 8.85. The maximum Gasteiger partial charge on any atom is 0.127 e. The molecule has 2 aromatic carbocycles. The summed E-state index contributed by atoms with van der Waals surface area (Å²) in [5, 5.41) is 15.5. The van der Waals surface area contributed by atoms with E-state index in [2.05, 4.69) is 20.8 Å². The maximum atomic E-state index is 13.2. The minimum Gasteiger partial charge on any atom is -0.457 e. The standard InChI is InChI=1S/C33H42FN3O2.ClH/c1-21-4-13-29-28(18-35)30(14-15-32(21,29)2)33(3)17-22-19-36-37(31(22)16-23(33)20-38)25-7-11-27(12-8-25)39-26-9-5-24(34)6-10-26;/h5-12,19,21,23,28-30,38H,4,13-18,20,35H2,1-3H3;1H/t21-,23+,28-,29-,30-,32+,33-;/m0./s1. The number of aliphatic hydroxyl groups excluding tert-OH is 1. The molecule has 1 heterocycles. The van der Waals surface area contributed by atoms with Crippen molar-refractivity contribution < 1.29 is 14.2 Å². The molecule has 3 aromatic rings. The van der Waals surface area contributed by atoms with E-state index in [0.29, 0.717) is 34.7 Å². The lowest BCUT2D eigenvalue weighted by molar-refractivity contribution is -0.0691. The largest absolute Gasteiger partial charge is 0.457 e. The Balaban J connectivity index is 0.00000323. The molecular formula is C33H43ClFN3O2. The van der Waals surface area contributed by atoms with Gasteiger partial charge in [0.25, 0.3) is 0 Å². The monoisotopic (exact) mass is 567 g/mol. The molecule has 0 aliphatic heterocycles. The highest BCUT2D eigenvalue weighted by Crippen LogP contribution is 2.63. The first-order valence-corrected chi connectivity index (χ1v) is 14.7. The van der Waals surface area contributed by atoms with E-state index < -0.39 is 0 Å². The number of benzene rings is 2. The Morgan fingerprint density at radius 1 is 1.00 bits per heavy atom. The fourth-order valence-corrected chi connectivity index (χ4v) is 8.72. The second-order valence-electron chi connectivity index (χ2n) is 13.0. The van der Waals surface area contributed by atoms with E-state index in [9.17, 15) is 9.50 Å². The molecule has 5 nitrogen and oxygen atoms in total. The molecule has 2 saturated carbocycles. The highest BCUT2D eigenvalue weighted by atomic mass is 35.5. The van der Waals surface area contributed by atoms with Gasteiger partial charge >= 0.3 is 0 Å². The fourth-order valence-electron chi connectivity index (χ4n) is 8.72. The third-order valence-corrected chi connectivity index (χ3v) is 11.3. The van der Waals surface area contributed by atoms with Crippen LogP contribution in [0.3, 0.4) is 0 Å². The summed E-state index contributed by atoms with van der Waals surface area (Å²) in [7, 11) is 0. The molecule has 0 radical (unpaired) electrons. The van der Waals surface area contributed by atoms with E-state index in [1.165, 1.54) is 49.1 Å². The minimum atomic E-state index is -0.285. The third-order valence-electron chi connectivity index (χ3n) is 11.3. The third kappa shape index (κ3) is 4.76. The van der Waals surface area contributed by atoms with E-state index in [4.69, 9.17) is 15.6 Å². The number of hydrogen-bond acceptors (Lipinski definition) is 4. The molecule has 3 N–H and O–H groups in total. The molecule has 7 atom stereocenters. The fraction of sp³-hybridized carbons (Fsp3) is 0.545. The Hall–Kier alpha value is -2.41. The average molecular weight is 568 g/mol. The van der Waals surface area contributed by atoms with Gasteiger partial charge in [0.2, 0.25) is 0 Å². The number of aromatic nitrogens is 2. The van der Waals surface area contributed by atoms with Crippen molar-refractivity contribution in [2.75, 3.05) is 13.2 Å². The van der Waals surface area contributed by atoms with Crippen LogP contribution in [0.2, 0.25) is 0 Å². The van der Waals surface area contributed by atoms with Gasteiger partial charge in [0.05, 0.1) is 11.9 Å². The number of halogens is 2. The zero-order valence-electron chi connectivity index (χ0n) is 23.9. The zero-order chi connectivity index (χ0) is 27.4. The molecule has 6 rings (SSSR count). The summed E-state index contributed by atoms with van der Waals surface area (Å²) < 4.78 is 21.1. The molecular weight excluding hydrogens is 525 g/mol. The molecule has 3 aliphatic rings. The van der Waals surface area contributed by atoms with Gasteiger partial charge in [0, 0.05) is 12.3 Å². The molecule has 0 bridgehead atoms. The van der Waals surface area contributed by atoms with Crippen LogP contribution >= 0.6 is 12.4 Å². The summed E-state index contributed by atoms with van der Waals surface area (Å²) in [5.74, 6) is 3.65. The number of ether oxygens (including phenoxy) is 1. The first-order chi connectivity index (χ1) is 18.8. The Bertz CT molecular complexity index is 1310. The summed E-state index contributed by atoms with van der Waals surface area (Å²) in [6.45, 7) is 8.29. The number of nitrogens with two attached hydrogens (primary N) is 1. The van der Waals surface area contributed by atoms with Crippen molar-refractivity contribution in [3.05, 3.63) is 71.8 Å². The topological polar surface area (TPSA) is 73.3 Å². The zero-order valence-corrected chi connectivity index (χ0v) is 24.7. The van der Waals surface area contributed by atoms with Gasteiger partial charge in [-0.2, -0.15) is 5.10 Å². The van der Waals surface area contributed by atoms with E-state index in [0.717, 1.165) is 31.0 Å². The number of rotatable bonds is 6. The van der Waals surface area contributed by atoms with E-state index in [1.807, 2.05) is 35.1 Å². The summed E-state index contributed by atoms with van der Waals surface area (Å²) in [6, 6.07) is 13.8. The van der Waals surface area contributed by atoms with Crippen molar-refractivity contribution in [1.29, 1.82) is 0 Å². The second kappa shape index (κ2) is 11.1. The van der Waals surface area contributed by atoms with Crippen molar-refractivity contribution in [3.8, 4) is 17.2 Å². The van der Waals surface area contributed by atoms with Gasteiger partial charge in [-0.25, -0.2) is 9.07 Å². The predicted octanol–water partition coefficient (Wildman–Crippen LogP) is 6.98. The summed E-state index contributed by atoms with van der Waals surface area (Å²) in [5.41, 5.74) is 10.4. The number of aliphatic hydroxyl groups is 1. The van der Waals surface area contributed by atoms with Gasteiger partial charge in [-0.3, -0.25) is 0 Å². The lowest BCUT2D eigenvalue weighted by Gasteiger charge is -2.56. The second-order valence-corrected chi connectivity index (χ2v) is 13.0. The van der Waals surface area contributed by atoms with Crippen LogP contribution in [0.5, 0.6) is 11.5 Å². The van der Waals surface area contributed by atoms with Crippen LogP contribution in [-0.2, 0) is 12.8 Å². The molecule has 0 unspecified atom stereocenters. The SMILES string of the molecule is C[C@H]1CC[C@H]2[C@H](CN)[C@@H]([C@@]3(C)Cc4cnn(-c5ccc(Oc6ccc(F)cc6)cc5)c4C[C@@H]3CO)CC[C@]12C.Cl. The molecule has 0 amide bonds. The minimum absolute atomic E-state index is 0. The van der Waals surface area contributed by atoms with Crippen molar-refractivity contribution in [2.24, 2.45) is 46.2 Å². The van der Waals surface area contributed by atoms with Crippen molar-refractivity contribution in [2.45, 2.75) is 59.3 Å². The summed E-state index contributed by atoms with van der Waals surface area (Å²) in [4.78, 5) is 0. The van der Waals surface area contributed by atoms with Crippen molar-refractivity contribution in [3.63, 3.8) is 0 Å². The van der Waals surface area contributed by atoms with Crippen LogP contribution in [0, 0.1) is 46.2 Å². The molecule has 216 valence electrons. The van der Waals surface area contributed by atoms with Gasteiger partial charge in [0.1, 0.15) is 17.3 Å². The maximum absolute atomic E-state index is 13.2. The van der Waals surface area contributed by atoms with Crippen LogP contribution in [0.1, 0.15) is 57.7 Å². The van der Waals surface area contributed by atoms with Gasteiger partial charge in [0.15, 0.2) is 0 Å². The van der Waals surface area contributed by atoms with Crippen LogP contribution in [0.25, 0.3) is 5.69 Å². The van der Waals surface area contributed by atoms with Gasteiger partial charge in [-0.05, 0) is 140 Å². The van der Waals surface area contributed by atoms with Crippen LogP contribution in [0.15, 0.2) is 54.7 Å². The Labute approximate surface area is 243 Å². The van der Waals surface area contributed by atoms with Crippen LogP contribution < -0.4 is 10.5 Å². The van der Waals surface area contributed by atoms with E-state index >= 15 is 0 Å². The first-order valence-electron chi connectivity index (χ1n) is 14.7. The Kier molecular flexibility index (Phi) is 8.08. The molecule has 1 aromatic heterocycles. The quantitative estimate of drug-likeness (QED) is 0.337. The van der Waals surface area contributed by atoms with Gasteiger partial charge in [-0.15, -0.1) is 12.4 Å². The average Bonchev–Trinajstić information content (AvgIpc) is 3.48. The lowest BCUT2D eigenvalue weighted by atomic mass is 9.49. The highest BCUT2D eigenvalue weighted by molar-refractivity contribution is 5.85. The Morgan fingerprint density at radius 3 is 2.30 bits per heavy atom. The lowest BCUT2D eigenvalue weighted by Crippen LogP contribution is -2.53. The molecule has 3 aliphatic carbocycles. The smallest absolute Gasteiger partial charge is 0.127 e. The predicted molar refractivity (Wildman–Crippen MR) is 159 cm³/mol. The van der Waals surface area contributed by atoms with Crippen molar-refractivity contribution in [1.82, 2.24) is 9.78 Å². The van der Waals surface area contributed by atoms with E-state index in [-0.39, 0.29) is 36.2 Å². The molecule has 2 fully saturated rings. The van der Waals surface area contributed by atoms with Gasteiger partial charge in [-0.1, -0.05) is 20.8 Å². The van der Waals surface area contributed by atoms with Gasteiger partial charge < -0.3 is 15.6 Å². The Morgan fingerprint density at radius 2 is 1.65 bits per heavy atom. The number of nitrogens with zero attached hydrogens (tertiary/aromatic N) is 2. The normalized spacial score (nSPS) is 33.1. The van der Waals surface area contributed by atoms with Crippen LogP contribution in [0.4, 0.5) is 4.39 Å².